The van der Waals surface area contributed by atoms with Crippen LogP contribution in [0.25, 0.3) is 0 Å². The van der Waals surface area contributed by atoms with E-state index in [0.717, 1.165) is 44.5 Å². The van der Waals surface area contributed by atoms with Crippen LogP contribution in [-0.2, 0) is 10.0 Å². The third kappa shape index (κ3) is 5.21. The van der Waals surface area contributed by atoms with Crippen molar-refractivity contribution in [3.8, 4) is 0 Å². The van der Waals surface area contributed by atoms with Crippen LogP contribution < -0.4 is 10.2 Å². The van der Waals surface area contributed by atoms with E-state index in [1.54, 1.807) is 36.4 Å². The summed E-state index contributed by atoms with van der Waals surface area (Å²) in [6.45, 7) is 3.29. The molecule has 2 saturated heterocycles. The van der Waals surface area contributed by atoms with Gasteiger partial charge < -0.3 is 15.1 Å². The Morgan fingerprint density at radius 3 is 1.97 bits per heavy atom. The zero-order chi connectivity index (χ0) is 22.6. The number of hydrogen-bond donors (Lipinski definition) is 1. The molecule has 7 nitrogen and oxygen atoms in total. The number of anilines is 2. The van der Waals surface area contributed by atoms with Crippen molar-refractivity contribution in [1.82, 2.24) is 9.21 Å². The van der Waals surface area contributed by atoms with E-state index in [2.05, 4.69) is 5.32 Å². The maximum Gasteiger partial charge on any atom is 0.321 e. The van der Waals surface area contributed by atoms with E-state index in [9.17, 15) is 17.6 Å². The Labute approximate surface area is 188 Å². The number of halogens is 1. The average Bonchev–Trinajstić information content (AvgIpc) is 3.10. The smallest absolute Gasteiger partial charge is 0.321 e. The molecule has 2 aliphatic heterocycles. The normalized spacial score (nSPS) is 18.3. The topological polar surface area (TPSA) is 73.0 Å². The SMILES string of the molecule is O=C(Nc1ccc(S(=O)(=O)N2CCN(c3ccc(F)cc3)CC2)cc1)N1CCCCCC1. The van der Waals surface area contributed by atoms with E-state index in [4.69, 9.17) is 0 Å². The number of rotatable bonds is 4. The Bertz CT molecular complexity index is 1010. The fraction of sp³-hybridized carbons (Fsp3) is 0.435. The van der Waals surface area contributed by atoms with Crippen LogP contribution in [0.1, 0.15) is 25.7 Å². The first-order valence-electron chi connectivity index (χ1n) is 11.1. The number of nitrogens with zero attached hydrogens (tertiary/aromatic N) is 3. The molecule has 0 radical (unpaired) electrons. The second kappa shape index (κ2) is 9.87. The van der Waals surface area contributed by atoms with Crippen LogP contribution in [0.3, 0.4) is 0 Å². The molecule has 0 spiro atoms. The highest BCUT2D eigenvalue weighted by atomic mass is 32.2. The zero-order valence-corrected chi connectivity index (χ0v) is 18.9. The second-order valence-electron chi connectivity index (χ2n) is 8.22. The number of carbonyl (C=O) groups is 1. The van der Waals surface area contributed by atoms with Gasteiger partial charge in [-0.3, -0.25) is 0 Å². The van der Waals surface area contributed by atoms with Gasteiger partial charge >= 0.3 is 6.03 Å². The lowest BCUT2D eigenvalue weighted by Gasteiger charge is -2.35. The average molecular weight is 461 g/mol. The molecule has 32 heavy (non-hydrogen) atoms. The van der Waals surface area contributed by atoms with Crippen molar-refractivity contribution < 1.29 is 17.6 Å². The fourth-order valence-corrected chi connectivity index (χ4v) is 5.60. The molecule has 2 heterocycles. The second-order valence-corrected chi connectivity index (χ2v) is 10.2. The maximum absolute atomic E-state index is 13.1. The molecule has 2 aliphatic rings. The van der Waals surface area contributed by atoms with Crippen molar-refractivity contribution in [2.45, 2.75) is 30.6 Å². The van der Waals surface area contributed by atoms with Crippen molar-refractivity contribution in [1.29, 1.82) is 0 Å². The Hall–Kier alpha value is -2.65. The molecule has 4 rings (SSSR count). The minimum absolute atomic E-state index is 0.139. The first-order chi connectivity index (χ1) is 15.4. The Morgan fingerprint density at radius 2 is 1.38 bits per heavy atom. The van der Waals surface area contributed by atoms with Gasteiger partial charge in [-0.05, 0) is 61.4 Å². The summed E-state index contributed by atoms with van der Waals surface area (Å²) in [5.74, 6) is -0.291. The minimum Gasteiger partial charge on any atom is -0.369 e. The Balaban J connectivity index is 1.35. The molecule has 0 bridgehead atoms. The van der Waals surface area contributed by atoms with Crippen LogP contribution in [0.2, 0.25) is 0 Å². The highest BCUT2D eigenvalue weighted by Gasteiger charge is 2.28. The lowest BCUT2D eigenvalue weighted by molar-refractivity contribution is 0.214. The number of benzene rings is 2. The third-order valence-electron chi connectivity index (χ3n) is 6.07. The molecule has 0 unspecified atom stereocenters. The van der Waals surface area contributed by atoms with Gasteiger partial charge in [-0.2, -0.15) is 4.31 Å². The van der Waals surface area contributed by atoms with Crippen molar-refractivity contribution in [2.24, 2.45) is 0 Å². The van der Waals surface area contributed by atoms with E-state index in [1.165, 1.54) is 16.4 Å². The molecule has 0 saturated carbocycles. The standard InChI is InChI=1S/C23H29FN4O3S/c24-19-5-9-21(10-6-19)26-15-17-28(18-16-26)32(30,31)22-11-7-20(8-12-22)25-23(29)27-13-3-1-2-4-14-27/h5-12H,1-4,13-18H2,(H,25,29). The number of likely N-dealkylation sites (tertiary alicyclic amines) is 1. The summed E-state index contributed by atoms with van der Waals surface area (Å²) in [5.41, 5.74) is 1.47. The molecule has 2 fully saturated rings. The minimum atomic E-state index is -3.62. The van der Waals surface area contributed by atoms with E-state index >= 15 is 0 Å². The van der Waals surface area contributed by atoms with Crippen LogP contribution in [0.5, 0.6) is 0 Å². The van der Waals surface area contributed by atoms with Crippen molar-refractivity contribution >= 4 is 27.4 Å². The van der Waals surface area contributed by atoms with Gasteiger partial charge in [0.25, 0.3) is 0 Å². The number of hydrogen-bond acceptors (Lipinski definition) is 4. The van der Waals surface area contributed by atoms with Crippen LogP contribution in [0, 0.1) is 5.82 Å². The number of nitrogens with one attached hydrogen (secondary N) is 1. The van der Waals surface area contributed by atoms with Gasteiger partial charge in [0, 0.05) is 50.6 Å². The van der Waals surface area contributed by atoms with Gasteiger partial charge in [0.1, 0.15) is 5.82 Å². The highest BCUT2D eigenvalue weighted by molar-refractivity contribution is 7.89. The van der Waals surface area contributed by atoms with E-state index < -0.39 is 10.0 Å². The van der Waals surface area contributed by atoms with Gasteiger partial charge in [0.2, 0.25) is 10.0 Å². The van der Waals surface area contributed by atoms with E-state index in [0.29, 0.717) is 31.9 Å². The first kappa shape index (κ1) is 22.5. The molecule has 0 aromatic heterocycles. The van der Waals surface area contributed by atoms with Crippen molar-refractivity contribution in [2.75, 3.05) is 49.5 Å². The molecule has 1 N–H and O–H groups in total. The molecular weight excluding hydrogens is 431 g/mol. The number of piperazine rings is 1. The number of sulfonamides is 1. The molecule has 2 aromatic rings. The summed E-state index contributed by atoms with van der Waals surface area (Å²) >= 11 is 0. The maximum atomic E-state index is 13.1. The number of amides is 2. The summed E-state index contributed by atoms with van der Waals surface area (Å²) in [4.78, 5) is 16.6. The van der Waals surface area contributed by atoms with Crippen molar-refractivity contribution in [3.05, 3.63) is 54.3 Å². The highest BCUT2D eigenvalue weighted by Crippen LogP contribution is 2.23. The summed E-state index contributed by atoms with van der Waals surface area (Å²) < 4.78 is 40.7. The van der Waals surface area contributed by atoms with Gasteiger partial charge in [-0.15, -0.1) is 0 Å². The van der Waals surface area contributed by atoms with Crippen LogP contribution in [0.4, 0.5) is 20.6 Å². The van der Waals surface area contributed by atoms with Crippen molar-refractivity contribution in [3.63, 3.8) is 0 Å². The van der Waals surface area contributed by atoms with Crippen LogP contribution in [-0.4, -0.2) is 62.9 Å². The van der Waals surface area contributed by atoms with Crippen LogP contribution >= 0.6 is 0 Å². The fourth-order valence-electron chi connectivity index (χ4n) is 4.17. The zero-order valence-electron chi connectivity index (χ0n) is 18.0. The third-order valence-corrected chi connectivity index (χ3v) is 7.98. The molecule has 172 valence electrons. The van der Waals surface area contributed by atoms with Gasteiger partial charge in [0.05, 0.1) is 4.90 Å². The van der Waals surface area contributed by atoms with Crippen LogP contribution in [0.15, 0.2) is 53.4 Å². The monoisotopic (exact) mass is 460 g/mol. The van der Waals surface area contributed by atoms with E-state index in [-0.39, 0.29) is 16.7 Å². The first-order valence-corrected chi connectivity index (χ1v) is 12.5. The summed E-state index contributed by atoms with van der Waals surface area (Å²) in [6.07, 6.45) is 4.32. The predicted octanol–water partition coefficient (Wildman–Crippen LogP) is 3.74. The lowest BCUT2D eigenvalue weighted by Crippen LogP contribution is -2.48. The quantitative estimate of drug-likeness (QED) is 0.754. The molecule has 0 atom stereocenters. The molecular formula is C23H29FN4O3S. The Morgan fingerprint density at radius 1 is 0.781 bits per heavy atom. The van der Waals surface area contributed by atoms with Gasteiger partial charge in [-0.1, -0.05) is 12.8 Å². The predicted molar refractivity (Wildman–Crippen MR) is 123 cm³/mol. The summed E-state index contributed by atoms with van der Waals surface area (Å²) in [6, 6.07) is 12.4. The number of urea groups is 1. The van der Waals surface area contributed by atoms with E-state index in [1.807, 2.05) is 9.80 Å². The molecule has 9 heteroatoms. The van der Waals surface area contributed by atoms with Gasteiger partial charge in [-0.25, -0.2) is 17.6 Å². The summed E-state index contributed by atoms with van der Waals surface area (Å²) in [7, 11) is -3.62. The molecule has 0 aliphatic carbocycles. The Kier molecular flexibility index (Phi) is 6.95. The lowest BCUT2D eigenvalue weighted by atomic mass is 10.2. The molecule has 2 aromatic carbocycles. The molecule has 2 amide bonds. The largest absolute Gasteiger partial charge is 0.369 e. The number of carbonyl (C=O) groups excluding carboxylic acids is 1. The summed E-state index contributed by atoms with van der Waals surface area (Å²) in [5, 5.41) is 2.87. The van der Waals surface area contributed by atoms with Gasteiger partial charge in [0.15, 0.2) is 0 Å².